The van der Waals surface area contributed by atoms with Crippen molar-refractivity contribution in [2.24, 2.45) is 4.99 Å². The number of hydrogen-bond acceptors (Lipinski definition) is 3. The second-order valence-corrected chi connectivity index (χ2v) is 5.06. The summed E-state index contributed by atoms with van der Waals surface area (Å²) in [5, 5.41) is 16.3. The number of aliphatic hydroxyl groups is 1. The van der Waals surface area contributed by atoms with Crippen LogP contribution in [0.2, 0.25) is 0 Å². The maximum absolute atomic E-state index is 12.7. The van der Waals surface area contributed by atoms with E-state index in [0.29, 0.717) is 11.8 Å². The Morgan fingerprint density at radius 1 is 1.41 bits per heavy atom. The number of benzene rings is 1. The number of aliphatic imine (C=N–C) groups is 1. The zero-order valence-electron chi connectivity index (χ0n) is 12.6. The maximum atomic E-state index is 12.7. The quantitative estimate of drug-likeness (QED) is 0.356. The first kappa shape index (κ1) is 19.0. The number of ether oxygens (including phenoxy) is 1. The highest BCUT2D eigenvalue weighted by Crippen LogP contribution is 2.18. The molecule has 1 fully saturated rings. The Bertz CT molecular complexity index is 466. The number of nitrogens with one attached hydrogen (secondary N) is 2. The molecule has 1 aromatic carbocycles. The van der Waals surface area contributed by atoms with E-state index in [9.17, 15) is 9.50 Å². The smallest absolute Gasteiger partial charge is 0.191 e. The number of guanidine groups is 1. The molecule has 1 saturated carbocycles. The molecule has 0 bridgehead atoms. The zero-order chi connectivity index (χ0) is 15.1. The molecule has 124 valence electrons. The molecule has 5 nitrogen and oxygen atoms in total. The van der Waals surface area contributed by atoms with Gasteiger partial charge in [-0.05, 0) is 44.0 Å². The van der Waals surface area contributed by atoms with Gasteiger partial charge in [-0.3, -0.25) is 4.99 Å². The molecule has 1 aromatic rings. The standard InChI is InChI=1S/C15H22FN3O2.HI/c1-2-17-15(19-12-5-6-12)18-9-13(20)10-21-14-7-3-11(16)4-8-14;/h3-4,7-8,12-13,20H,2,5-6,9-10H2,1H3,(H2,17,18,19);1H. The Balaban J connectivity index is 0.00000242. The first-order chi connectivity index (χ1) is 10.2. The highest BCUT2D eigenvalue weighted by molar-refractivity contribution is 14.0. The van der Waals surface area contributed by atoms with Gasteiger partial charge in [0.05, 0.1) is 6.54 Å². The fourth-order valence-electron chi connectivity index (χ4n) is 1.71. The van der Waals surface area contributed by atoms with Crippen LogP contribution in [0, 0.1) is 5.82 Å². The highest BCUT2D eigenvalue weighted by Gasteiger charge is 2.22. The number of aliphatic hydroxyl groups excluding tert-OH is 1. The molecule has 1 atom stereocenters. The van der Waals surface area contributed by atoms with Crippen LogP contribution in [0.3, 0.4) is 0 Å². The average molecular weight is 423 g/mol. The first-order valence-corrected chi connectivity index (χ1v) is 7.28. The van der Waals surface area contributed by atoms with E-state index in [4.69, 9.17) is 4.74 Å². The van der Waals surface area contributed by atoms with Gasteiger partial charge >= 0.3 is 0 Å². The Labute approximate surface area is 147 Å². The lowest BCUT2D eigenvalue weighted by Crippen LogP contribution is -2.39. The SMILES string of the molecule is CCNC(=NCC(O)COc1ccc(F)cc1)NC1CC1.I. The summed E-state index contributed by atoms with van der Waals surface area (Å²) in [4.78, 5) is 4.32. The Kier molecular flexibility index (Phi) is 8.47. The monoisotopic (exact) mass is 423 g/mol. The van der Waals surface area contributed by atoms with Crippen LogP contribution < -0.4 is 15.4 Å². The lowest BCUT2D eigenvalue weighted by molar-refractivity contribution is 0.114. The van der Waals surface area contributed by atoms with Gasteiger partial charge in [-0.1, -0.05) is 0 Å². The topological polar surface area (TPSA) is 65.9 Å². The van der Waals surface area contributed by atoms with Crippen molar-refractivity contribution in [3.05, 3.63) is 30.1 Å². The number of rotatable bonds is 7. The molecule has 22 heavy (non-hydrogen) atoms. The van der Waals surface area contributed by atoms with Gasteiger partial charge < -0.3 is 20.5 Å². The van der Waals surface area contributed by atoms with E-state index in [2.05, 4.69) is 15.6 Å². The molecule has 2 rings (SSSR count). The van der Waals surface area contributed by atoms with Gasteiger partial charge in [0.25, 0.3) is 0 Å². The van der Waals surface area contributed by atoms with Gasteiger partial charge in [0, 0.05) is 12.6 Å². The average Bonchev–Trinajstić information content (AvgIpc) is 3.28. The summed E-state index contributed by atoms with van der Waals surface area (Å²) in [6.07, 6.45) is 1.63. The molecule has 3 N–H and O–H groups in total. The van der Waals surface area contributed by atoms with E-state index in [1.54, 1.807) is 0 Å². The van der Waals surface area contributed by atoms with E-state index < -0.39 is 6.10 Å². The fourth-order valence-corrected chi connectivity index (χ4v) is 1.71. The van der Waals surface area contributed by atoms with Crippen molar-refractivity contribution < 1.29 is 14.2 Å². The highest BCUT2D eigenvalue weighted by atomic mass is 127. The second-order valence-electron chi connectivity index (χ2n) is 5.06. The summed E-state index contributed by atoms with van der Waals surface area (Å²) in [7, 11) is 0. The van der Waals surface area contributed by atoms with E-state index in [1.807, 2.05) is 6.92 Å². The van der Waals surface area contributed by atoms with Crippen LogP contribution in [-0.4, -0.2) is 42.9 Å². The van der Waals surface area contributed by atoms with E-state index in [1.165, 1.54) is 37.1 Å². The van der Waals surface area contributed by atoms with Crippen LogP contribution in [0.15, 0.2) is 29.3 Å². The molecule has 0 amide bonds. The lowest BCUT2D eigenvalue weighted by atomic mass is 10.3. The third-order valence-electron chi connectivity index (χ3n) is 2.98. The second kappa shape index (κ2) is 9.83. The molecule has 0 spiro atoms. The molecule has 0 heterocycles. The van der Waals surface area contributed by atoms with Crippen LogP contribution in [-0.2, 0) is 0 Å². The summed E-state index contributed by atoms with van der Waals surface area (Å²) in [5.74, 6) is 0.942. The van der Waals surface area contributed by atoms with Gasteiger partial charge in [-0.2, -0.15) is 0 Å². The van der Waals surface area contributed by atoms with Crippen molar-refractivity contribution in [2.45, 2.75) is 31.9 Å². The van der Waals surface area contributed by atoms with Crippen LogP contribution >= 0.6 is 24.0 Å². The van der Waals surface area contributed by atoms with Gasteiger partial charge in [0.2, 0.25) is 0 Å². The minimum atomic E-state index is -0.704. The lowest BCUT2D eigenvalue weighted by Gasteiger charge is -2.13. The Hall–Kier alpha value is -1.09. The Morgan fingerprint density at radius 3 is 2.68 bits per heavy atom. The molecule has 0 aliphatic heterocycles. The molecule has 0 saturated heterocycles. The van der Waals surface area contributed by atoms with Gasteiger partial charge in [0.15, 0.2) is 5.96 Å². The van der Waals surface area contributed by atoms with Crippen molar-refractivity contribution in [2.75, 3.05) is 19.7 Å². The predicted octanol–water partition coefficient (Wildman–Crippen LogP) is 1.90. The van der Waals surface area contributed by atoms with Crippen LogP contribution in [0.4, 0.5) is 4.39 Å². The molecule has 1 aliphatic rings. The largest absolute Gasteiger partial charge is 0.491 e. The van der Waals surface area contributed by atoms with Crippen LogP contribution in [0.25, 0.3) is 0 Å². The van der Waals surface area contributed by atoms with Gasteiger partial charge in [-0.15, -0.1) is 24.0 Å². The van der Waals surface area contributed by atoms with Gasteiger partial charge in [0.1, 0.15) is 24.3 Å². The van der Waals surface area contributed by atoms with E-state index >= 15 is 0 Å². The Morgan fingerprint density at radius 2 is 2.09 bits per heavy atom. The zero-order valence-corrected chi connectivity index (χ0v) is 14.9. The first-order valence-electron chi connectivity index (χ1n) is 7.28. The maximum Gasteiger partial charge on any atom is 0.191 e. The van der Waals surface area contributed by atoms with Crippen molar-refractivity contribution in [1.29, 1.82) is 0 Å². The third kappa shape index (κ3) is 7.26. The molecule has 1 aliphatic carbocycles. The predicted molar refractivity (Wildman–Crippen MR) is 95.5 cm³/mol. The minimum Gasteiger partial charge on any atom is -0.491 e. The molecule has 1 unspecified atom stereocenters. The summed E-state index contributed by atoms with van der Waals surface area (Å²) < 4.78 is 18.1. The molecule has 0 aromatic heterocycles. The molecular formula is C15H23FIN3O2. The fraction of sp³-hybridized carbons (Fsp3) is 0.533. The molecule has 0 radical (unpaired) electrons. The normalized spacial score (nSPS) is 15.7. The van der Waals surface area contributed by atoms with Gasteiger partial charge in [-0.25, -0.2) is 4.39 Å². The number of nitrogens with zero attached hydrogens (tertiary/aromatic N) is 1. The number of halogens is 2. The van der Waals surface area contributed by atoms with Crippen molar-refractivity contribution in [1.82, 2.24) is 10.6 Å². The van der Waals surface area contributed by atoms with Crippen molar-refractivity contribution >= 4 is 29.9 Å². The van der Waals surface area contributed by atoms with Crippen LogP contribution in [0.5, 0.6) is 5.75 Å². The minimum absolute atomic E-state index is 0. The molecule has 7 heteroatoms. The van der Waals surface area contributed by atoms with E-state index in [0.717, 1.165) is 12.5 Å². The summed E-state index contributed by atoms with van der Waals surface area (Å²) in [6, 6.07) is 6.22. The van der Waals surface area contributed by atoms with Crippen molar-refractivity contribution in [3.63, 3.8) is 0 Å². The molecular weight excluding hydrogens is 400 g/mol. The number of hydrogen-bond donors (Lipinski definition) is 3. The third-order valence-corrected chi connectivity index (χ3v) is 2.98. The summed E-state index contributed by atoms with van der Waals surface area (Å²) in [6.45, 7) is 3.15. The summed E-state index contributed by atoms with van der Waals surface area (Å²) in [5.41, 5.74) is 0. The summed E-state index contributed by atoms with van der Waals surface area (Å²) >= 11 is 0. The van der Waals surface area contributed by atoms with E-state index in [-0.39, 0.29) is 42.9 Å². The van der Waals surface area contributed by atoms with Crippen molar-refractivity contribution in [3.8, 4) is 5.75 Å². The van der Waals surface area contributed by atoms with Crippen LogP contribution in [0.1, 0.15) is 19.8 Å².